The smallest absolute Gasteiger partial charge is 0.0446 e. The number of hydrogen-bond donors (Lipinski definition) is 1. The van der Waals surface area contributed by atoms with Crippen molar-refractivity contribution in [2.45, 2.75) is 36.0 Å². The summed E-state index contributed by atoms with van der Waals surface area (Å²) in [5.74, 6) is 0. The highest BCUT2D eigenvalue weighted by Gasteiger charge is 2.29. The second kappa shape index (κ2) is 6.87. The van der Waals surface area contributed by atoms with E-state index in [1.54, 1.807) is 0 Å². The van der Waals surface area contributed by atoms with Crippen molar-refractivity contribution < 1.29 is 0 Å². The molecule has 3 heteroatoms. The van der Waals surface area contributed by atoms with E-state index in [4.69, 9.17) is 11.6 Å². The normalized spacial score (nSPS) is 21.0. The quantitative estimate of drug-likeness (QED) is 0.842. The van der Waals surface area contributed by atoms with Crippen molar-refractivity contribution in [3.63, 3.8) is 0 Å². The minimum Gasteiger partial charge on any atom is -0.309 e. The Morgan fingerprint density at radius 1 is 1.19 bits per heavy atom. The summed E-state index contributed by atoms with van der Waals surface area (Å²) in [6.45, 7) is 3.17. The van der Waals surface area contributed by atoms with Crippen LogP contribution in [0.25, 0.3) is 0 Å². The highest BCUT2D eigenvalue weighted by atomic mass is 35.5. The monoisotopic (exact) mass is 317 g/mol. The van der Waals surface area contributed by atoms with E-state index in [0.717, 1.165) is 18.0 Å². The molecule has 0 saturated carbocycles. The van der Waals surface area contributed by atoms with E-state index in [1.807, 2.05) is 23.9 Å². The van der Waals surface area contributed by atoms with Crippen LogP contribution in [0.3, 0.4) is 0 Å². The van der Waals surface area contributed by atoms with Crippen LogP contribution in [0.1, 0.15) is 30.5 Å². The molecule has 1 N–H and O–H groups in total. The fourth-order valence-corrected chi connectivity index (χ4v) is 4.60. The second-order valence-electron chi connectivity index (χ2n) is 5.39. The molecule has 2 atom stereocenters. The third-order valence-electron chi connectivity index (χ3n) is 3.97. The van der Waals surface area contributed by atoms with Crippen molar-refractivity contribution in [2.24, 2.45) is 0 Å². The van der Waals surface area contributed by atoms with E-state index in [1.165, 1.54) is 22.4 Å². The van der Waals surface area contributed by atoms with Gasteiger partial charge in [0.05, 0.1) is 0 Å². The number of thioether (sulfide) groups is 1. The van der Waals surface area contributed by atoms with Crippen LogP contribution < -0.4 is 5.32 Å². The van der Waals surface area contributed by atoms with Gasteiger partial charge in [0.25, 0.3) is 0 Å². The van der Waals surface area contributed by atoms with Gasteiger partial charge in [-0.05, 0) is 48.7 Å². The van der Waals surface area contributed by atoms with Gasteiger partial charge in [0.1, 0.15) is 0 Å². The van der Waals surface area contributed by atoms with Crippen molar-refractivity contribution in [2.75, 3.05) is 6.54 Å². The topological polar surface area (TPSA) is 12.0 Å². The lowest BCUT2D eigenvalue weighted by atomic mass is 9.87. The molecule has 0 radical (unpaired) electrons. The molecule has 2 aromatic carbocycles. The molecular formula is C18H20ClNS. The van der Waals surface area contributed by atoms with E-state index >= 15 is 0 Å². The molecule has 0 aliphatic heterocycles. The van der Waals surface area contributed by atoms with Gasteiger partial charge >= 0.3 is 0 Å². The Hall–Kier alpha value is -0.960. The Balaban J connectivity index is 1.85. The molecule has 2 aromatic rings. The lowest BCUT2D eigenvalue weighted by Crippen LogP contribution is -2.34. The summed E-state index contributed by atoms with van der Waals surface area (Å²) in [4.78, 5) is 1.26. The number of aryl methyl sites for hydroxylation is 1. The van der Waals surface area contributed by atoms with Crippen LogP contribution in [-0.4, -0.2) is 11.8 Å². The van der Waals surface area contributed by atoms with Crippen LogP contribution >= 0.6 is 23.4 Å². The highest BCUT2D eigenvalue weighted by Crippen LogP contribution is 2.40. The summed E-state index contributed by atoms with van der Waals surface area (Å²) in [7, 11) is 0. The Kier molecular flexibility index (Phi) is 4.89. The van der Waals surface area contributed by atoms with Gasteiger partial charge < -0.3 is 5.32 Å². The molecule has 1 aliphatic carbocycles. The maximum Gasteiger partial charge on any atom is 0.0446 e. The first kappa shape index (κ1) is 15.0. The molecule has 21 heavy (non-hydrogen) atoms. The number of rotatable bonds is 4. The molecule has 0 aromatic heterocycles. The Labute approximate surface area is 136 Å². The van der Waals surface area contributed by atoms with Crippen molar-refractivity contribution >= 4 is 23.4 Å². The molecule has 1 aliphatic rings. The summed E-state index contributed by atoms with van der Waals surface area (Å²) in [5, 5.41) is 5.04. The van der Waals surface area contributed by atoms with Crippen LogP contribution in [0, 0.1) is 0 Å². The molecule has 0 heterocycles. The highest BCUT2D eigenvalue weighted by molar-refractivity contribution is 8.00. The lowest BCUT2D eigenvalue weighted by Gasteiger charge is -2.34. The maximum atomic E-state index is 6.11. The van der Waals surface area contributed by atoms with Gasteiger partial charge in [0.2, 0.25) is 0 Å². The minimum absolute atomic E-state index is 0.420. The van der Waals surface area contributed by atoms with E-state index in [-0.39, 0.29) is 0 Å². The van der Waals surface area contributed by atoms with Crippen LogP contribution in [0.2, 0.25) is 5.02 Å². The van der Waals surface area contributed by atoms with Gasteiger partial charge in [-0.1, -0.05) is 48.9 Å². The molecule has 2 unspecified atom stereocenters. The molecule has 0 spiro atoms. The van der Waals surface area contributed by atoms with Crippen molar-refractivity contribution in [1.29, 1.82) is 0 Å². The maximum absolute atomic E-state index is 6.11. The number of benzene rings is 2. The largest absolute Gasteiger partial charge is 0.309 e. The first-order chi connectivity index (χ1) is 10.3. The zero-order chi connectivity index (χ0) is 14.7. The second-order valence-corrected chi connectivity index (χ2v) is 7.14. The molecule has 0 fully saturated rings. The van der Waals surface area contributed by atoms with E-state index in [0.29, 0.717) is 11.3 Å². The van der Waals surface area contributed by atoms with Gasteiger partial charge in [0, 0.05) is 21.2 Å². The molecule has 0 amide bonds. The van der Waals surface area contributed by atoms with Crippen LogP contribution in [-0.2, 0) is 6.42 Å². The van der Waals surface area contributed by atoms with Crippen LogP contribution in [0.4, 0.5) is 0 Å². The zero-order valence-corrected chi connectivity index (χ0v) is 13.8. The standard InChI is InChI=1S/C18H20ClNS/c1-2-20-18-16-9-4-3-6-13(16)10-11-17(18)21-15-8-5-7-14(19)12-15/h3-9,12,17-18,20H,2,10-11H2,1H3. The van der Waals surface area contributed by atoms with Crippen molar-refractivity contribution in [1.82, 2.24) is 5.32 Å². The Bertz CT molecular complexity index is 614. The van der Waals surface area contributed by atoms with Crippen molar-refractivity contribution in [3.05, 3.63) is 64.7 Å². The first-order valence-electron chi connectivity index (χ1n) is 7.51. The van der Waals surface area contributed by atoms with Crippen molar-refractivity contribution in [3.8, 4) is 0 Å². The third-order valence-corrected chi connectivity index (χ3v) is 5.54. The zero-order valence-electron chi connectivity index (χ0n) is 12.2. The van der Waals surface area contributed by atoms with Gasteiger partial charge in [0.15, 0.2) is 0 Å². The molecule has 0 bridgehead atoms. The van der Waals surface area contributed by atoms with E-state index < -0.39 is 0 Å². The minimum atomic E-state index is 0.420. The van der Waals surface area contributed by atoms with Gasteiger partial charge in [-0.2, -0.15) is 0 Å². The van der Waals surface area contributed by atoms with Crippen LogP contribution in [0.15, 0.2) is 53.4 Å². The molecular weight excluding hydrogens is 298 g/mol. The number of hydrogen-bond acceptors (Lipinski definition) is 2. The molecule has 0 saturated heterocycles. The summed E-state index contributed by atoms with van der Waals surface area (Å²) in [6, 6.07) is 17.4. The predicted molar refractivity (Wildman–Crippen MR) is 92.3 cm³/mol. The summed E-state index contributed by atoms with van der Waals surface area (Å²) < 4.78 is 0. The molecule has 1 nitrogen and oxygen atoms in total. The molecule has 3 rings (SSSR count). The summed E-state index contributed by atoms with van der Waals surface area (Å²) >= 11 is 8.06. The Morgan fingerprint density at radius 2 is 2.05 bits per heavy atom. The average molecular weight is 318 g/mol. The van der Waals surface area contributed by atoms with Gasteiger partial charge in [-0.25, -0.2) is 0 Å². The van der Waals surface area contributed by atoms with Crippen LogP contribution in [0.5, 0.6) is 0 Å². The predicted octanol–water partition coefficient (Wildman–Crippen LogP) is 5.10. The third kappa shape index (κ3) is 3.45. The summed E-state index contributed by atoms with van der Waals surface area (Å²) in [5.41, 5.74) is 2.96. The fourth-order valence-electron chi connectivity index (χ4n) is 3.03. The fraction of sp³-hybridized carbons (Fsp3) is 0.333. The average Bonchev–Trinajstić information content (AvgIpc) is 2.50. The summed E-state index contributed by atoms with van der Waals surface area (Å²) in [6.07, 6.45) is 2.36. The van der Waals surface area contributed by atoms with E-state index in [2.05, 4.69) is 48.6 Å². The first-order valence-corrected chi connectivity index (χ1v) is 8.77. The number of halogens is 1. The lowest BCUT2D eigenvalue weighted by molar-refractivity contribution is 0.484. The van der Waals surface area contributed by atoms with Gasteiger partial charge in [-0.3, -0.25) is 0 Å². The molecule has 110 valence electrons. The number of fused-ring (bicyclic) bond motifs is 1. The SMILES string of the molecule is CCNC1c2ccccc2CCC1Sc1cccc(Cl)c1. The van der Waals surface area contributed by atoms with Gasteiger partial charge in [-0.15, -0.1) is 11.8 Å². The van der Waals surface area contributed by atoms with E-state index in [9.17, 15) is 0 Å². The Morgan fingerprint density at radius 3 is 2.86 bits per heavy atom. The number of nitrogens with one attached hydrogen (secondary N) is 1.